The van der Waals surface area contributed by atoms with Crippen LogP contribution in [-0.2, 0) is 9.53 Å². The van der Waals surface area contributed by atoms with E-state index >= 15 is 0 Å². The van der Waals surface area contributed by atoms with Crippen molar-refractivity contribution in [3.05, 3.63) is 58.6 Å². The number of anilines is 1. The van der Waals surface area contributed by atoms with Crippen molar-refractivity contribution in [1.29, 1.82) is 0 Å². The summed E-state index contributed by atoms with van der Waals surface area (Å²) in [5, 5.41) is 3.14. The van der Waals surface area contributed by atoms with Crippen LogP contribution in [0.5, 0.6) is 5.75 Å². The highest BCUT2D eigenvalue weighted by molar-refractivity contribution is 6.30. The third-order valence-electron chi connectivity index (χ3n) is 3.11. The predicted octanol–water partition coefficient (Wildman–Crippen LogP) is 4.05. The minimum atomic E-state index is -2.95. The molecular formula is C17H14ClF2NO4. The van der Waals surface area contributed by atoms with Gasteiger partial charge in [-0.15, -0.1) is 0 Å². The Hall–Kier alpha value is -2.67. The van der Waals surface area contributed by atoms with Crippen molar-refractivity contribution in [2.75, 3.05) is 11.9 Å². The molecule has 25 heavy (non-hydrogen) atoms. The van der Waals surface area contributed by atoms with Crippen LogP contribution in [-0.4, -0.2) is 25.1 Å². The summed E-state index contributed by atoms with van der Waals surface area (Å²) in [7, 11) is 0. The number of rotatable bonds is 6. The average molecular weight is 370 g/mol. The summed E-state index contributed by atoms with van der Waals surface area (Å²) in [6, 6.07) is 9.90. The molecule has 8 heteroatoms. The average Bonchev–Trinajstić information content (AvgIpc) is 2.55. The number of hydrogen-bond donors (Lipinski definition) is 1. The molecule has 0 saturated carbocycles. The number of amides is 1. The van der Waals surface area contributed by atoms with Gasteiger partial charge in [-0.05, 0) is 55.0 Å². The molecule has 1 amide bonds. The van der Waals surface area contributed by atoms with E-state index < -0.39 is 25.1 Å². The van der Waals surface area contributed by atoms with Gasteiger partial charge < -0.3 is 14.8 Å². The van der Waals surface area contributed by atoms with E-state index in [0.29, 0.717) is 10.7 Å². The standard InChI is InChI=1S/C17H14ClF2NO4/c1-10-8-12(18)4-7-14(10)21-15(22)9-24-16(23)11-2-5-13(6-3-11)25-17(19)20/h2-8,17H,9H2,1H3,(H,21,22). The van der Waals surface area contributed by atoms with E-state index in [2.05, 4.69) is 10.1 Å². The molecule has 0 bridgehead atoms. The number of halogens is 3. The lowest BCUT2D eigenvalue weighted by Crippen LogP contribution is -2.21. The maximum absolute atomic E-state index is 12.1. The third-order valence-corrected chi connectivity index (χ3v) is 3.35. The van der Waals surface area contributed by atoms with Gasteiger partial charge in [-0.1, -0.05) is 11.6 Å². The van der Waals surface area contributed by atoms with E-state index in [-0.39, 0.29) is 11.3 Å². The summed E-state index contributed by atoms with van der Waals surface area (Å²) in [6.45, 7) is -1.66. The van der Waals surface area contributed by atoms with Crippen LogP contribution in [0.15, 0.2) is 42.5 Å². The smallest absolute Gasteiger partial charge is 0.387 e. The molecule has 0 aliphatic heterocycles. The Morgan fingerprint density at radius 2 is 1.84 bits per heavy atom. The number of benzene rings is 2. The summed E-state index contributed by atoms with van der Waals surface area (Å²) in [6.07, 6.45) is 0. The predicted molar refractivity (Wildman–Crippen MR) is 88.2 cm³/mol. The molecule has 132 valence electrons. The van der Waals surface area contributed by atoms with Gasteiger partial charge in [0.1, 0.15) is 5.75 Å². The summed E-state index contributed by atoms with van der Waals surface area (Å²) < 4.78 is 33.2. The zero-order valence-electron chi connectivity index (χ0n) is 13.1. The maximum Gasteiger partial charge on any atom is 0.387 e. The fraction of sp³-hybridized carbons (Fsp3) is 0.176. The highest BCUT2D eigenvalue weighted by Crippen LogP contribution is 2.19. The zero-order chi connectivity index (χ0) is 18.4. The van der Waals surface area contributed by atoms with Crippen LogP contribution in [0, 0.1) is 6.92 Å². The molecular weight excluding hydrogens is 356 g/mol. The Bertz CT molecular complexity index is 766. The lowest BCUT2D eigenvalue weighted by atomic mass is 10.2. The Morgan fingerprint density at radius 3 is 2.44 bits per heavy atom. The van der Waals surface area contributed by atoms with Crippen LogP contribution in [0.1, 0.15) is 15.9 Å². The number of alkyl halides is 2. The summed E-state index contributed by atoms with van der Waals surface area (Å²) in [4.78, 5) is 23.7. The number of aryl methyl sites for hydroxylation is 1. The third kappa shape index (κ3) is 5.72. The van der Waals surface area contributed by atoms with Crippen molar-refractivity contribution in [3.8, 4) is 5.75 Å². The van der Waals surface area contributed by atoms with E-state index in [1.165, 1.54) is 24.3 Å². The van der Waals surface area contributed by atoms with Gasteiger partial charge in [0.25, 0.3) is 5.91 Å². The van der Waals surface area contributed by atoms with Crippen LogP contribution in [0.3, 0.4) is 0 Å². The molecule has 0 fully saturated rings. The van der Waals surface area contributed by atoms with Crippen molar-refractivity contribution in [2.24, 2.45) is 0 Å². The summed E-state index contributed by atoms with van der Waals surface area (Å²) >= 11 is 5.83. The lowest BCUT2D eigenvalue weighted by molar-refractivity contribution is -0.119. The van der Waals surface area contributed by atoms with Gasteiger partial charge in [-0.3, -0.25) is 4.79 Å². The molecule has 2 aromatic rings. The summed E-state index contributed by atoms with van der Waals surface area (Å²) in [5.74, 6) is -1.36. The van der Waals surface area contributed by atoms with Crippen molar-refractivity contribution < 1.29 is 27.8 Å². The van der Waals surface area contributed by atoms with Gasteiger partial charge >= 0.3 is 12.6 Å². The number of nitrogens with one attached hydrogen (secondary N) is 1. The zero-order valence-corrected chi connectivity index (χ0v) is 13.8. The molecule has 0 saturated heterocycles. The minimum absolute atomic E-state index is 0.0810. The first-order valence-electron chi connectivity index (χ1n) is 7.13. The van der Waals surface area contributed by atoms with Gasteiger partial charge in [0, 0.05) is 10.7 Å². The fourth-order valence-corrected chi connectivity index (χ4v) is 2.17. The number of esters is 1. The molecule has 2 aromatic carbocycles. The van der Waals surface area contributed by atoms with Gasteiger partial charge in [0.15, 0.2) is 6.61 Å². The van der Waals surface area contributed by atoms with Crippen LogP contribution < -0.4 is 10.1 Å². The molecule has 0 aliphatic carbocycles. The second-order valence-electron chi connectivity index (χ2n) is 4.99. The van der Waals surface area contributed by atoms with Gasteiger partial charge in [-0.2, -0.15) is 8.78 Å². The van der Waals surface area contributed by atoms with Crippen LogP contribution in [0.4, 0.5) is 14.5 Å². The SMILES string of the molecule is Cc1cc(Cl)ccc1NC(=O)COC(=O)c1ccc(OC(F)F)cc1. The Balaban J connectivity index is 1.87. The maximum atomic E-state index is 12.1. The van der Waals surface area contributed by atoms with Gasteiger partial charge in [0.2, 0.25) is 0 Å². The first-order chi connectivity index (χ1) is 11.8. The van der Waals surface area contributed by atoms with E-state index in [9.17, 15) is 18.4 Å². The molecule has 1 N–H and O–H groups in total. The van der Waals surface area contributed by atoms with E-state index in [1.54, 1.807) is 25.1 Å². The molecule has 0 spiro atoms. The quantitative estimate of drug-likeness (QED) is 0.780. The topological polar surface area (TPSA) is 64.6 Å². The second kappa shape index (κ2) is 8.43. The molecule has 0 heterocycles. The Morgan fingerprint density at radius 1 is 1.16 bits per heavy atom. The molecule has 5 nitrogen and oxygen atoms in total. The second-order valence-corrected chi connectivity index (χ2v) is 5.42. The highest BCUT2D eigenvalue weighted by atomic mass is 35.5. The highest BCUT2D eigenvalue weighted by Gasteiger charge is 2.12. The normalized spacial score (nSPS) is 10.4. The Labute approximate surface area is 147 Å². The van der Waals surface area contributed by atoms with Crippen molar-refractivity contribution in [1.82, 2.24) is 0 Å². The molecule has 0 aliphatic rings. The van der Waals surface area contributed by atoms with E-state index in [4.69, 9.17) is 16.3 Å². The molecule has 0 aromatic heterocycles. The first kappa shape index (κ1) is 18.7. The van der Waals surface area contributed by atoms with Crippen molar-refractivity contribution >= 4 is 29.2 Å². The Kier molecular flexibility index (Phi) is 6.30. The summed E-state index contributed by atoms with van der Waals surface area (Å²) in [5.41, 5.74) is 1.43. The van der Waals surface area contributed by atoms with Crippen LogP contribution >= 0.6 is 11.6 Å². The van der Waals surface area contributed by atoms with Gasteiger partial charge in [0.05, 0.1) is 5.56 Å². The van der Waals surface area contributed by atoms with Crippen LogP contribution in [0.25, 0.3) is 0 Å². The molecule has 0 radical (unpaired) electrons. The lowest BCUT2D eigenvalue weighted by Gasteiger charge is -2.09. The first-order valence-corrected chi connectivity index (χ1v) is 7.51. The molecule has 0 atom stereocenters. The van der Waals surface area contributed by atoms with Crippen molar-refractivity contribution in [3.63, 3.8) is 0 Å². The van der Waals surface area contributed by atoms with E-state index in [1.807, 2.05) is 0 Å². The number of hydrogen-bond acceptors (Lipinski definition) is 4. The fourth-order valence-electron chi connectivity index (χ4n) is 1.94. The number of carbonyl (C=O) groups is 2. The van der Waals surface area contributed by atoms with Crippen molar-refractivity contribution in [2.45, 2.75) is 13.5 Å². The van der Waals surface area contributed by atoms with Gasteiger partial charge in [-0.25, -0.2) is 4.79 Å². The van der Waals surface area contributed by atoms with Crippen LogP contribution in [0.2, 0.25) is 5.02 Å². The number of carbonyl (C=O) groups excluding carboxylic acids is 2. The largest absolute Gasteiger partial charge is 0.452 e. The minimum Gasteiger partial charge on any atom is -0.452 e. The molecule has 0 unspecified atom stereocenters. The number of ether oxygens (including phenoxy) is 2. The monoisotopic (exact) mass is 369 g/mol. The van der Waals surface area contributed by atoms with E-state index in [0.717, 1.165) is 5.56 Å². The molecule has 2 rings (SSSR count).